The van der Waals surface area contributed by atoms with Crippen LogP contribution in [0, 0.1) is 20.0 Å². The number of hydrogen-bond acceptors (Lipinski definition) is 0. The van der Waals surface area contributed by atoms with E-state index < -0.39 is 0 Å². The summed E-state index contributed by atoms with van der Waals surface area (Å²) in [5.74, 6) is 0. The molecule has 3 heteroatoms. The Hall–Kier alpha value is -2.35. The smallest absolute Gasteiger partial charge is 0.195 e. The Kier molecular flexibility index (Phi) is 3.38. The third kappa shape index (κ3) is 1.86. The van der Waals surface area contributed by atoms with Gasteiger partial charge in [-0.1, -0.05) is 41.1 Å². The van der Waals surface area contributed by atoms with Crippen molar-refractivity contribution in [3.8, 4) is 0 Å². The summed E-state index contributed by atoms with van der Waals surface area (Å²) in [5, 5.41) is 3.56. The van der Waals surface area contributed by atoms with Crippen molar-refractivity contribution in [3.63, 3.8) is 0 Å². The van der Waals surface area contributed by atoms with Gasteiger partial charge in [0, 0.05) is 20.1 Å². The molecule has 0 amide bonds. The van der Waals surface area contributed by atoms with Crippen molar-refractivity contribution in [2.24, 2.45) is 0 Å². The Morgan fingerprint density at radius 3 is 2.62 bits per heavy atom. The molecule has 0 atom stereocenters. The fourth-order valence-corrected chi connectivity index (χ4v) is 3.62. The summed E-state index contributed by atoms with van der Waals surface area (Å²) in [4.78, 5) is 0. The number of aryl methyl sites for hydroxylation is 1. The molecule has 2 nitrogen and oxygen atoms in total. The van der Waals surface area contributed by atoms with Crippen molar-refractivity contribution in [2.45, 2.75) is 6.92 Å². The third-order valence-electron chi connectivity index (χ3n) is 4.64. The van der Waals surface area contributed by atoms with Gasteiger partial charge in [0.25, 0.3) is 0 Å². The SMILES string of the molecule is [CH2-][n+]1c2ccc(C)cc2n2c3ccccc3c3ccc[c-]c3c21.[Ir]. The van der Waals surface area contributed by atoms with E-state index in [0.717, 1.165) is 16.6 Å². The van der Waals surface area contributed by atoms with Gasteiger partial charge in [-0.2, -0.15) is 0 Å². The minimum absolute atomic E-state index is 0. The Morgan fingerprint density at radius 2 is 1.75 bits per heavy atom. The molecule has 3 aromatic carbocycles. The summed E-state index contributed by atoms with van der Waals surface area (Å²) in [6, 6.07) is 24.7. The maximum Gasteiger partial charge on any atom is 0.195 e. The van der Waals surface area contributed by atoms with Gasteiger partial charge in [0.2, 0.25) is 0 Å². The number of rotatable bonds is 0. The van der Waals surface area contributed by atoms with E-state index in [9.17, 15) is 0 Å². The number of hydrogen-bond donors (Lipinski definition) is 0. The topological polar surface area (TPSA) is 8.29 Å². The van der Waals surface area contributed by atoms with E-state index in [2.05, 4.69) is 73.0 Å². The van der Waals surface area contributed by atoms with Gasteiger partial charge in [0.15, 0.2) is 5.65 Å². The van der Waals surface area contributed by atoms with E-state index in [1.165, 1.54) is 27.4 Å². The fourth-order valence-electron chi connectivity index (χ4n) is 3.62. The number of benzene rings is 3. The third-order valence-corrected chi connectivity index (χ3v) is 4.64. The van der Waals surface area contributed by atoms with Gasteiger partial charge in [-0.3, -0.25) is 0 Å². The number of aromatic nitrogens is 2. The van der Waals surface area contributed by atoms with Crippen molar-refractivity contribution in [1.29, 1.82) is 0 Å². The minimum Gasteiger partial charge on any atom is -0.349 e. The fraction of sp³-hybridized carbons (Fsp3) is 0.0476. The number of nitrogens with zero attached hydrogens (tertiary/aromatic N) is 2. The molecule has 0 N–H and O–H groups in total. The summed E-state index contributed by atoms with van der Waals surface area (Å²) in [6.45, 7) is 2.13. The zero-order chi connectivity index (χ0) is 15.6. The van der Waals surface area contributed by atoms with Gasteiger partial charge < -0.3 is 4.57 Å². The predicted molar refractivity (Wildman–Crippen MR) is 94.4 cm³/mol. The van der Waals surface area contributed by atoms with Crippen molar-refractivity contribution in [3.05, 3.63) is 79.3 Å². The van der Waals surface area contributed by atoms with Crippen molar-refractivity contribution >= 4 is 38.4 Å². The van der Waals surface area contributed by atoms with Crippen LogP contribution in [0.25, 0.3) is 38.4 Å². The average molecular weight is 488 g/mol. The van der Waals surface area contributed by atoms with Crippen LogP contribution in [0.15, 0.2) is 60.7 Å². The number of pyridine rings is 1. The molecule has 2 aromatic heterocycles. The molecule has 24 heavy (non-hydrogen) atoms. The second-order valence-electron chi connectivity index (χ2n) is 6.06. The monoisotopic (exact) mass is 488 g/mol. The van der Waals surface area contributed by atoms with E-state index in [4.69, 9.17) is 0 Å². The number of para-hydroxylation sites is 1. The molecule has 5 rings (SSSR count). The minimum atomic E-state index is 0. The van der Waals surface area contributed by atoms with Crippen LogP contribution < -0.4 is 4.57 Å². The second-order valence-corrected chi connectivity index (χ2v) is 6.06. The quantitative estimate of drug-likeness (QED) is 0.174. The number of imidazole rings is 1. The predicted octanol–water partition coefficient (Wildman–Crippen LogP) is 4.43. The average Bonchev–Trinajstić information content (AvgIpc) is 2.88. The van der Waals surface area contributed by atoms with Gasteiger partial charge in [-0.25, -0.2) is 4.40 Å². The summed E-state index contributed by atoms with van der Waals surface area (Å²) in [5.41, 5.74) is 5.85. The molecule has 1 radical (unpaired) electrons. The Morgan fingerprint density at radius 1 is 0.958 bits per heavy atom. The molecular weight excluding hydrogens is 472 g/mol. The van der Waals surface area contributed by atoms with Crippen molar-refractivity contribution in [1.82, 2.24) is 4.40 Å². The zero-order valence-corrected chi connectivity index (χ0v) is 15.6. The molecule has 0 spiro atoms. The van der Waals surface area contributed by atoms with Gasteiger partial charge >= 0.3 is 0 Å². The van der Waals surface area contributed by atoms with E-state index in [0.29, 0.717) is 0 Å². The molecule has 5 aromatic rings. The Labute approximate surface area is 153 Å². The largest absolute Gasteiger partial charge is 0.349 e. The summed E-state index contributed by atoms with van der Waals surface area (Å²) in [6.07, 6.45) is 0. The molecule has 119 valence electrons. The first-order chi connectivity index (χ1) is 11.3. The van der Waals surface area contributed by atoms with Gasteiger partial charge in [0.1, 0.15) is 11.0 Å². The van der Waals surface area contributed by atoms with Gasteiger partial charge in [-0.05, 0) is 37.1 Å². The van der Waals surface area contributed by atoms with Crippen LogP contribution in [-0.2, 0) is 20.1 Å². The Bertz CT molecular complexity index is 1230. The first-order valence-corrected chi connectivity index (χ1v) is 7.74. The standard InChI is InChI=1S/C21H15N2.Ir/c1-14-11-12-19-20(13-14)23-18-10-6-5-8-16(18)15-7-3-4-9-17(15)21(23)22(19)2;/h3-8,10-13H,2H2,1H3;/q-1;. The normalized spacial score (nSPS) is 11.4. The van der Waals surface area contributed by atoms with Crippen LogP contribution in [0.3, 0.4) is 0 Å². The maximum absolute atomic E-state index is 4.30. The van der Waals surface area contributed by atoms with Crippen molar-refractivity contribution < 1.29 is 24.7 Å². The van der Waals surface area contributed by atoms with Crippen LogP contribution in [-0.4, -0.2) is 4.40 Å². The first kappa shape index (κ1) is 15.2. The van der Waals surface area contributed by atoms with Gasteiger partial charge in [0.05, 0.1) is 5.52 Å². The van der Waals surface area contributed by atoms with Crippen molar-refractivity contribution in [2.75, 3.05) is 0 Å². The molecule has 0 aliphatic heterocycles. The molecule has 0 bridgehead atoms. The van der Waals surface area contributed by atoms with Gasteiger partial charge in [-0.15, -0.1) is 24.3 Å². The summed E-state index contributed by atoms with van der Waals surface area (Å²) in [7, 11) is 4.30. The number of fused-ring (bicyclic) bond motifs is 8. The van der Waals surface area contributed by atoms with Crippen LogP contribution in [0.2, 0.25) is 0 Å². The van der Waals surface area contributed by atoms with E-state index in [-0.39, 0.29) is 20.1 Å². The molecule has 0 saturated carbocycles. The second kappa shape index (κ2) is 5.34. The van der Waals surface area contributed by atoms with E-state index in [1.54, 1.807) is 0 Å². The molecule has 0 fully saturated rings. The molecule has 0 saturated heterocycles. The van der Waals surface area contributed by atoms with E-state index >= 15 is 0 Å². The van der Waals surface area contributed by atoms with Crippen LogP contribution >= 0.6 is 0 Å². The summed E-state index contributed by atoms with van der Waals surface area (Å²) < 4.78 is 4.34. The van der Waals surface area contributed by atoms with Crippen LogP contribution in [0.5, 0.6) is 0 Å². The summed E-state index contributed by atoms with van der Waals surface area (Å²) >= 11 is 0. The molecule has 0 unspecified atom stereocenters. The zero-order valence-electron chi connectivity index (χ0n) is 13.2. The molecular formula is C21H15IrN2-. The van der Waals surface area contributed by atoms with Crippen LogP contribution in [0.4, 0.5) is 0 Å². The Balaban J connectivity index is 0.00000146. The molecule has 0 aliphatic carbocycles. The molecule has 2 heterocycles. The first-order valence-electron chi connectivity index (χ1n) is 7.74. The maximum atomic E-state index is 4.30. The van der Waals surface area contributed by atoms with E-state index in [1.807, 2.05) is 16.7 Å². The van der Waals surface area contributed by atoms with Crippen LogP contribution in [0.1, 0.15) is 5.56 Å². The molecule has 0 aliphatic rings.